The van der Waals surface area contributed by atoms with Crippen molar-refractivity contribution >= 4 is 40.2 Å². The molecule has 1 aliphatic heterocycles. The number of hydrogen-bond donors (Lipinski definition) is 1. The zero-order valence-corrected chi connectivity index (χ0v) is 17.0. The van der Waals surface area contributed by atoms with Gasteiger partial charge in [-0.3, -0.25) is 4.79 Å². The second-order valence-electron chi connectivity index (χ2n) is 6.24. The lowest BCUT2D eigenvalue weighted by Gasteiger charge is -2.29. The summed E-state index contributed by atoms with van der Waals surface area (Å²) in [6.07, 6.45) is 0. The molecule has 29 heavy (non-hydrogen) atoms. The number of morpholine rings is 1. The number of methoxy groups -OCH3 is 1. The zero-order valence-electron chi connectivity index (χ0n) is 16.2. The number of thioether (sulfide) groups is 1. The van der Waals surface area contributed by atoms with Crippen LogP contribution in [-0.4, -0.2) is 61.1 Å². The van der Waals surface area contributed by atoms with Crippen LogP contribution in [0.3, 0.4) is 0 Å². The lowest BCUT2D eigenvalue weighted by atomic mass is 10.2. The van der Waals surface area contributed by atoms with Crippen LogP contribution in [0, 0.1) is 0 Å². The van der Waals surface area contributed by atoms with Crippen LogP contribution >= 0.6 is 11.8 Å². The Labute approximate surface area is 174 Å². The van der Waals surface area contributed by atoms with Crippen molar-refractivity contribution in [1.82, 2.24) is 4.90 Å². The van der Waals surface area contributed by atoms with Gasteiger partial charge >= 0.3 is 5.97 Å². The van der Waals surface area contributed by atoms with E-state index < -0.39 is 5.97 Å². The summed E-state index contributed by atoms with van der Waals surface area (Å²) in [4.78, 5) is 30.7. The van der Waals surface area contributed by atoms with E-state index in [9.17, 15) is 9.59 Å². The summed E-state index contributed by atoms with van der Waals surface area (Å²) in [6.45, 7) is 2.78. The Morgan fingerprint density at radius 3 is 2.45 bits per heavy atom. The summed E-state index contributed by atoms with van der Waals surface area (Å²) in [5.74, 6) is -0.331. The van der Waals surface area contributed by atoms with Gasteiger partial charge in [-0.25, -0.2) is 9.79 Å². The van der Waals surface area contributed by atoms with Gasteiger partial charge in [0.2, 0.25) is 5.91 Å². The highest BCUT2D eigenvalue weighted by atomic mass is 32.2. The zero-order chi connectivity index (χ0) is 20.5. The van der Waals surface area contributed by atoms with Crippen LogP contribution in [0.5, 0.6) is 0 Å². The van der Waals surface area contributed by atoms with E-state index >= 15 is 0 Å². The highest BCUT2D eigenvalue weighted by Gasteiger charge is 2.17. The molecule has 0 spiro atoms. The first-order valence-corrected chi connectivity index (χ1v) is 10.2. The van der Waals surface area contributed by atoms with Crippen LogP contribution in [0.15, 0.2) is 59.6 Å². The van der Waals surface area contributed by atoms with Gasteiger partial charge in [-0.15, -0.1) is 0 Å². The molecule has 1 saturated heterocycles. The molecule has 0 radical (unpaired) electrons. The molecular formula is C21H23N3O4S. The van der Waals surface area contributed by atoms with Gasteiger partial charge in [-0.2, -0.15) is 0 Å². The third kappa shape index (κ3) is 6.33. The van der Waals surface area contributed by atoms with Crippen molar-refractivity contribution in [3.63, 3.8) is 0 Å². The number of nitrogens with one attached hydrogen (secondary N) is 1. The van der Waals surface area contributed by atoms with Gasteiger partial charge in [-0.05, 0) is 36.4 Å². The van der Waals surface area contributed by atoms with E-state index in [2.05, 4.69) is 15.0 Å². The summed E-state index contributed by atoms with van der Waals surface area (Å²) in [7, 11) is 1.33. The molecule has 1 fully saturated rings. The van der Waals surface area contributed by atoms with Crippen molar-refractivity contribution < 1.29 is 19.1 Å². The monoisotopic (exact) mass is 413 g/mol. The van der Waals surface area contributed by atoms with E-state index in [1.54, 1.807) is 24.3 Å². The predicted octanol–water partition coefficient (Wildman–Crippen LogP) is 3.16. The number of benzene rings is 2. The number of nitrogens with zero attached hydrogens (tertiary/aromatic N) is 2. The smallest absolute Gasteiger partial charge is 0.337 e. The quantitative estimate of drug-likeness (QED) is 0.461. The number of rotatable bonds is 5. The summed E-state index contributed by atoms with van der Waals surface area (Å²) in [5.41, 5.74) is 1.90. The van der Waals surface area contributed by atoms with E-state index in [1.807, 2.05) is 30.3 Å². The van der Waals surface area contributed by atoms with Gasteiger partial charge < -0.3 is 19.7 Å². The van der Waals surface area contributed by atoms with Gasteiger partial charge in [0.05, 0.1) is 37.3 Å². The number of hydrogen-bond acceptors (Lipinski definition) is 6. The fraction of sp³-hybridized carbons (Fsp3) is 0.286. The first-order chi connectivity index (χ1) is 14.2. The van der Waals surface area contributed by atoms with Crippen LogP contribution in [0.2, 0.25) is 0 Å². The maximum Gasteiger partial charge on any atom is 0.337 e. The number of ether oxygens (including phenoxy) is 2. The summed E-state index contributed by atoms with van der Waals surface area (Å²) in [6, 6.07) is 16.3. The predicted molar refractivity (Wildman–Crippen MR) is 115 cm³/mol. The lowest BCUT2D eigenvalue weighted by molar-refractivity contribution is -0.113. The topological polar surface area (TPSA) is 80.2 Å². The molecule has 0 aromatic heterocycles. The lowest BCUT2D eigenvalue weighted by Crippen LogP contribution is -2.39. The molecule has 2 aromatic carbocycles. The molecule has 0 aliphatic carbocycles. The maximum atomic E-state index is 12.4. The maximum absolute atomic E-state index is 12.4. The number of aliphatic imine (C=N–C) groups is 1. The Balaban J connectivity index is 1.61. The SMILES string of the molecule is COC(=O)c1ccc(NC(=O)CSC(=Nc2ccccc2)N2CCOCC2)cc1. The highest BCUT2D eigenvalue weighted by Crippen LogP contribution is 2.19. The van der Waals surface area contributed by atoms with Crippen molar-refractivity contribution in [2.45, 2.75) is 0 Å². The fourth-order valence-electron chi connectivity index (χ4n) is 2.70. The molecule has 2 aromatic rings. The van der Waals surface area contributed by atoms with Crippen LogP contribution < -0.4 is 5.32 Å². The number of esters is 1. The highest BCUT2D eigenvalue weighted by molar-refractivity contribution is 8.14. The number of carbonyl (C=O) groups is 2. The minimum atomic E-state index is -0.411. The van der Waals surface area contributed by atoms with Crippen LogP contribution in [0.4, 0.5) is 11.4 Å². The molecule has 1 heterocycles. The average Bonchev–Trinajstić information content (AvgIpc) is 2.78. The molecule has 0 unspecified atom stereocenters. The molecular weight excluding hydrogens is 390 g/mol. The molecule has 7 nitrogen and oxygen atoms in total. The fourth-order valence-corrected chi connectivity index (χ4v) is 3.56. The van der Waals surface area contributed by atoms with E-state index in [1.165, 1.54) is 18.9 Å². The number of anilines is 1. The minimum Gasteiger partial charge on any atom is -0.465 e. The summed E-state index contributed by atoms with van der Waals surface area (Å²) >= 11 is 1.40. The number of para-hydroxylation sites is 1. The van der Waals surface area contributed by atoms with E-state index in [4.69, 9.17) is 9.73 Å². The van der Waals surface area contributed by atoms with Crippen molar-refractivity contribution in [3.05, 3.63) is 60.2 Å². The van der Waals surface area contributed by atoms with E-state index in [0.29, 0.717) is 24.5 Å². The minimum absolute atomic E-state index is 0.144. The number of amidine groups is 1. The average molecular weight is 413 g/mol. The summed E-state index contributed by atoms with van der Waals surface area (Å²) in [5, 5.41) is 3.64. The van der Waals surface area contributed by atoms with E-state index in [-0.39, 0.29) is 11.7 Å². The van der Waals surface area contributed by atoms with Crippen LogP contribution in [0.25, 0.3) is 0 Å². The Morgan fingerprint density at radius 2 is 1.79 bits per heavy atom. The molecule has 1 aliphatic rings. The molecule has 3 rings (SSSR count). The van der Waals surface area contributed by atoms with Gasteiger partial charge in [0.1, 0.15) is 0 Å². The molecule has 0 saturated carbocycles. The Kier molecular flexibility index (Phi) is 7.66. The van der Waals surface area contributed by atoms with Crippen LogP contribution in [-0.2, 0) is 14.3 Å². The van der Waals surface area contributed by atoms with Gasteiger partial charge in [0.25, 0.3) is 0 Å². The first kappa shape index (κ1) is 20.9. The Hall–Kier alpha value is -2.84. The largest absolute Gasteiger partial charge is 0.465 e. The van der Waals surface area contributed by atoms with Crippen molar-refractivity contribution in [2.75, 3.05) is 44.5 Å². The van der Waals surface area contributed by atoms with Gasteiger partial charge in [0, 0.05) is 18.8 Å². The standard InChI is InChI=1S/C21H23N3O4S/c1-27-20(26)16-7-9-18(10-8-16)22-19(25)15-29-21(24-11-13-28-14-12-24)23-17-5-3-2-4-6-17/h2-10H,11-15H2,1H3,(H,22,25). The molecule has 1 N–H and O–H groups in total. The molecule has 0 bridgehead atoms. The number of amides is 1. The normalized spacial score (nSPS) is 14.4. The second kappa shape index (κ2) is 10.6. The van der Waals surface area contributed by atoms with Gasteiger partial charge in [0.15, 0.2) is 5.17 Å². The molecule has 152 valence electrons. The van der Waals surface area contributed by atoms with Crippen molar-refractivity contribution in [1.29, 1.82) is 0 Å². The molecule has 8 heteroatoms. The Morgan fingerprint density at radius 1 is 1.10 bits per heavy atom. The van der Waals surface area contributed by atoms with Crippen molar-refractivity contribution in [3.8, 4) is 0 Å². The van der Waals surface area contributed by atoms with Crippen molar-refractivity contribution in [2.24, 2.45) is 4.99 Å². The Bertz CT molecular complexity index is 850. The first-order valence-electron chi connectivity index (χ1n) is 9.23. The van der Waals surface area contributed by atoms with Gasteiger partial charge in [-0.1, -0.05) is 30.0 Å². The van der Waals surface area contributed by atoms with E-state index in [0.717, 1.165) is 23.9 Å². The third-order valence-electron chi connectivity index (χ3n) is 4.18. The van der Waals surface area contributed by atoms with Crippen LogP contribution in [0.1, 0.15) is 10.4 Å². The number of carbonyl (C=O) groups excluding carboxylic acids is 2. The third-order valence-corrected chi connectivity index (χ3v) is 5.20. The second-order valence-corrected chi connectivity index (χ2v) is 7.18. The molecule has 0 atom stereocenters. The summed E-state index contributed by atoms with van der Waals surface area (Å²) < 4.78 is 10.1. The molecule has 1 amide bonds.